The second kappa shape index (κ2) is 10.2. The summed E-state index contributed by atoms with van der Waals surface area (Å²) in [5.74, 6) is 0.167. The Morgan fingerprint density at radius 2 is 1.81 bits per heavy atom. The Bertz CT molecular complexity index is 676. The zero-order chi connectivity index (χ0) is 17.5. The number of hydrogen-bond donors (Lipinski definition) is 1. The number of rotatable bonds is 7. The van der Waals surface area contributed by atoms with Gasteiger partial charge in [0.2, 0.25) is 5.91 Å². The van der Waals surface area contributed by atoms with E-state index in [0.29, 0.717) is 13.0 Å². The number of aryl methyl sites for hydroxylation is 1. The zero-order valence-corrected chi connectivity index (χ0v) is 15.8. The summed E-state index contributed by atoms with van der Waals surface area (Å²) in [6.07, 6.45) is 3.58. The van der Waals surface area contributed by atoms with Gasteiger partial charge in [0.25, 0.3) is 0 Å². The van der Waals surface area contributed by atoms with E-state index < -0.39 is 0 Å². The Labute approximate surface area is 161 Å². The Hall–Kier alpha value is -2.04. The number of benzene rings is 2. The van der Waals surface area contributed by atoms with Crippen LogP contribution in [0.1, 0.15) is 24.0 Å². The summed E-state index contributed by atoms with van der Waals surface area (Å²) >= 11 is 0. The van der Waals surface area contributed by atoms with Crippen LogP contribution in [0.25, 0.3) is 0 Å². The lowest BCUT2D eigenvalue weighted by Crippen LogP contribution is -2.31. The molecule has 4 nitrogen and oxygen atoms in total. The molecule has 0 spiro atoms. The first kappa shape index (κ1) is 20.3. The molecule has 3 rings (SSSR count). The summed E-state index contributed by atoms with van der Waals surface area (Å²) in [5.41, 5.74) is 8.76. The molecule has 5 heteroatoms. The van der Waals surface area contributed by atoms with Gasteiger partial charge in [0.05, 0.1) is 12.5 Å². The van der Waals surface area contributed by atoms with Gasteiger partial charge in [-0.2, -0.15) is 0 Å². The molecule has 0 radical (unpaired) electrons. The van der Waals surface area contributed by atoms with Gasteiger partial charge in [-0.15, -0.1) is 12.4 Å². The number of ether oxygens (including phenoxy) is 1. The summed E-state index contributed by atoms with van der Waals surface area (Å²) in [6.45, 7) is 2.25. The van der Waals surface area contributed by atoms with Gasteiger partial charge in [0.15, 0.2) is 0 Å². The first-order chi connectivity index (χ1) is 12.2. The third-order valence-electron chi connectivity index (χ3n) is 4.64. The number of amides is 1. The smallest absolute Gasteiger partial charge is 0.227 e. The van der Waals surface area contributed by atoms with Crippen LogP contribution in [0, 0.1) is 0 Å². The molecule has 0 aromatic heterocycles. The molecule has 2 aromatic rings. The molecule has 140 valence electrons. The van der Waals surface area contributed by atoms with Crippen molar-refractivity contribution in [1.29, 1.82) is 0 Å². The monoisotopic (exact) mass is 374 g/mol. The minimum atomic E-state index is 0. The number of carbonyl (C=O) groups excluding carboxylic acids is 1. The number of hydrogen-bond acceptors (Lipinski definition) is 3. The topological polar surface area (TPSA) is 55.6 Å². The highest BCUT2D eigenvalue weighted by atomic mass is 35.5. The van der Waals surface area contributed by atoms with Crippen LogP contribution >= 0.6 is 12.4 Å². The first-order valence-electron chi connectivity index (χ1n) is 8.98. The third-order valence-corrected chi connectivity index (χ3v) is 4.64. The summed E-state index contributed by atoms with van der Waals surface area (Å²) in [6, 6.07) is 18.0. The fourth-order valence-electron chi connectivity index (χ4n) is 3.18. The highest BCUT2D eigenvalue weighted by Gasteiger charge is 2.26. The lowest BCUT2D eigenvalue weighted by Gasteiger charge is -2.17. The zero-order valence-electron chi connectivity index (χ0n) is 15.0. The van der Waals surface area contributed by atoms with Gasteiger partial charge in [-0.25, -0.2) is 0 Å². The van der Waals surface area contributed by atoms with Gasteiger partial charge in [0.1, 0.15) is 0 Å². The van der Waals surface area contributed by atoms with Gasteiger partial charge >= 0.3 is 0 Å². The van der Waals surface area contributed by atoms with Crippen molar-refractivity contribution in [1.82, 2.24) is 4.90 Å². The lowest BCUT2D eigenvalue weighted by molar-refractivity contribution is -0.129. The van der Waals surface area contributed by atoms with Crippen molar-refractivity contribution in [2.45, 2.75) is 31.8 Å². The maximum absolute atomic E-state index is 12.4. The van der Waals surface area contributed by atoms with E-state index in [2.05, 4.69) is 24.3 Å². The maximum Gasteiger partial charge on any atom is 0.227 e. The number of likely N-dealkylation sites (tertiary alicyclic amines) is 1. The quantitative estimate of drug-likeness (QED) is 0.596. The normalized spacial score (nSPS) is 16.3. The molecule has 0 saturated carbocycles. The largest absolute Gasteiger partial charge is 0.399 e. The van der Waals surface area contributed by atoms with Gasteiger partial charge in [-0.05, 0) is 42.5 Å². The molecule has 1 aliphatic heterocycles. The van der Waals surface area contributed by atoms with Crippen LogP contribution in [0.2, 0.25) is 0 Å². The SMILES string of the molecule is Cl.Nc1ccc(CC(=O)N2CCC(OCCCc3ccccc3)C2)cc1. The van der Waals surface area contributed by atoms with Crippen molar-refractivity contribution in [3.8, 4) is 0 Å². The van der Waals surface area contributed by atoms with Gasteiger partial charge in [-0.1, -0.05) is 42.5 Å². The predicted octanol–water partition coefficient (Wildman–Crippen LogP) is 3.48. The van der Waals surface area contributed by atoms with Crippen molar-refractivity contribution in [3.05, 3.63) is 65.7 Å². The predicted molar refractivity (Wildman–Crippen MR) is 108 cm³/mol. The molecular weight excluding hydrogens is 348 g/mol. The Kier molecular flexibility index (Phi) is 7.95. The highest BCUT2D eigenvalue weighted by Crippen LogP contribution is 2.16. The number of nitrogens with two attached hydrogens (primary N) is 1. The van der Waals surface area contributed by atoms with Crippen molar-refractivity contribution in [2.24, 2.45) is 0 Å². The summed E-state index contributed by atoms with van der Waals surface area (Å²) in [4.78, 5) is 14.3. The summed E-state index contributed by atoms with van der Waals surface area (Å²) < 4.78 is 5.96. The second-order valence-corrected chi connectivity index (χ2v) is 6.63. The maximum atomic E-state index is 12.4. The molecule has 1 heterocycles. The van der Waals surface area contributed by atoms with Crippen LogP contribution in [-0.2, 0) is 22.4 Å². The van der Waals surface area contributed by atoms with E-state index in [1.165, 1.54) is 5.56 Å². The minimum Gasteiger partial charge on any atom is -0.399 e. The lowest BCUT2D eigenvalue weighted by atomic mass is 10.1. The number of halogens is 1. The van der Waals surface area contributed by atoms with Gasteiger partial charge in [0, 0.05) is 25.4 Å². The third kappa shape index (κ3) is 6.04. The Morgan fingerprint density at radius 3 is 2.54 bits per heavy atom. The van der Waals surface area contributed by atoms with E-state index in [-0.39, 0.29) is 24.4 Å². The average molecular weight is 375 g/mol. The number of nitrogens with zero attached hydrogens (tertiary/aromatic N) is 1. The van der Waals surface area contributed by atoms with Crippen LogP contribution in [0.4, 0.5) is 5.69 Å². The number of anilines is 1. The molecule has 2 aromatic carbocycles. The molecule has 1 atom stereocenters. The van der Waals surface area contributed by atoms with Crippen LogP contribution in [-0.4, -0.2) is 36.6 Å². The standard InChI is InChI=1S/C21H26N2O2.ClH/c22-19-10-8-18(9-11-19)15-21(24)23-13-12-20(16-23)25-14-4-7-17-5-2-1-3-6-17;/h1-3,5-6,8-11,20H,4,7,12-16,22H2;1H. The number of carbonyl (C=O) groups is 1. The van der Waals surface area contributed by atoms with E-state index in [0.717, 1.165) is 43.7 Å². The summed E-state index contributed by atoms with van der Waals surface area (Å²) in [5, 5.41) is 0. The first-order valence-corrected chi connectivity index (χ1v) is 8.98. The van der Waals surface area contributed by atoms with Gasteiger partial charge < -0.3 is 15.4 Å². The van der Waals surface area contributed by atoms with E-state index in [9.17, 15) is 4.79 Å². The number of nitrogen functional groups attached to an aromatic ring is 1. The molecule has 1 fully saturated rings. The Balaban J connectivity index is 0.00000243. The van der Waals surface area contributed by atoms with Crippen LogP contribution in [0.5, 0.6) is 0 Å². The molecule has 1 saturated heterocycles. The second-order valence-electron chi connectivity index (χ2n) is 6.63. The molecule has 1 aliphatic rings. The van der Waals surface area contributed by atoms with Crippen molar-refractivity contribution in [2.75, 3.05) is 25.4 Å². The summed E-state index contributed by atoms with van der Waals surface area (Å²) in [7, 11) is 0. The molecule has 0 bridgehead atoms. The van der Waals surface area contributed by atoms with E-state index >= 15 is 0 Å². The molecule has 26 heavy (non-hydrogen) atoms. The minimum absolute atomic E-state index is 0. The van der Waals surface area contributed by atoms with E-state index in [1.807, 2.05) is 35.2 Å². The van der Waals surface area contributed by atoms with Gasteiger partial charge in [-0.3, -0.25) is 4.79 Å². The van der Waals surface area contributed by atoms with Crippen LogP contribution < -0.4 is 5.73 Å². The molecule has 1 unspecified atom stereocenters. The molecule has 2 N–H and O–H groups in total. The van der Waals surface area contributed by atoms with Crippen LogP contribution in [0.15, 0.2) is 54.6 Å². The van der Waals surface area contributed by atoms with E-state index in [4.69, 9.17) is 10.5 Å². The Morgan fingerprint density at radius 1 is 1.08 bits per heavy atom. The van der Waals surface area contributed by atoms with Crippen molar-refractivity contribution < 1.29 is 9.53 Å². The average Bonchev–Trinajstić information content (AvgIpc) is 3.11. The highest BCUT2D eigenvalue weighted by molar-refractivity contribution is 5.85. The molecular formula is C21H27ClN2O2. The fourth-order valence-corrected chi connectivity index (χ4v) is 3.18. The van der Waals surface area contributed by atoms with Crippen molar-refractivity contribution >= 4 is 24.0 Å². The van der Waals surface area contributed by atoms with E-state index in [1.54, 1.807) is 0 Å². The fraction of sp³-hybridized carbons (Fsp3) is 0.381. The molecule has 0 aliphatic carbocycles. The van der Waals surface area contributed by atoms with Crippen LogP contribution in [0.3, 0.4) is 0 Å². The van der Waals surface area contributed by atoms with Crippen molar-refractivity contribution in [3.63, 3.8) is 0 Å². The molecule has 1 amide bonds.